The van der Waals surface area contributed by atoms with E-state index in [1.54, 1.807) is 6.07 Å². The highest BCUT2D eigenvalue weighted by molar-refractivity contribution is 5.50. The van der Waals surface area contributed by atoms with E-state index in [9.17, 15) is 4.39 Å². The summed E-state index contributed by atoms with van der Waals surface area (Å²) in [7, 11) is 0. The standard InChI is InChI=1S/C16H15FN2/c1-12(14-5-3-2-4-6-14)11-19-16-8-13(10-18)7-15(17)9-16/h2-9,12,19H,11H2,1H3. The molecule has 0 saturated carbocycles. The molecule has 0 aliphatic rings. The minimum absolute atomic E-state index is 0.315. The van der Waals surface area contributed by atoms with Crippen LogP contribution in [0.2, 0.25) is 0 Å². The summed E-state index contributed by atoms with van der Waals surface area (Å²) in [4.78, 5) is 0. The molecule has 19 heavy (non-hydrogen) atoms. The van der Waals surface area contributed by atoms with Gasteiger partial charge in [-0.25, -0.2) is 4.39 Å². The molecule has 0 saturated heterocycles. The molecule has 0 spiro atoms. The van der Waals surface area contributed by atoms with Crippen LogP contribution in [0.15, 0.2) is 48.5 Å². The van der Waals surface area contributed by atoms with Crippen LogP contribution < -0.4 is 5.32 Å². The van der Waals surface area contributed by atoms with Crippen LogP contribution in [0, 0.1) is 17.1 Å². The van der Waals surface area contributed by atoms with Gasteiger partial charge in [0.05, 0.1) is 11.6 Å². The molecule has 0 aliphatic heterocycles. The summed E-state index contributed by atoms with van der Waals surface area (Å²) < 4.78 is 13.3. The Hall–Kier alpha value is -2.34. The Morgan fingerprint density at radius 2 is 1.95 bits per heavy atom. The second-order valence-corrected chi connectivity index (χ2v) is 4.53. The van der Waals surface area contributed by atoms with E-state index in [-0.39, 0.29) is 0 Å². The first kappa shape index (κ1) is 13.1. The molecule has 0 radical (unpaired) electrons. The molecule has 0 amide bonds. The van der Waals surface area contributed by atoms with E-state index in [2.05, 4.69) is 24.4 Å². The van der Waals surface area contributed by atoms with Crippen LogP contribution >= 0.6 is 0 Å². The summed E-state index contributed by atoms with van der Waals surface area (Å²) in [5, 5.41) is 12.0. The molecule has 3 heteroatoms. The molecule has 0 fully saturated rings. The zero-order valence-corrected chi connectivity index (χ0v) is 10.7. The van der Waals surface area contributed by atoms with Crippen molar-refractivity contribution >= 4 is 5.69 Å². The maximum Gasteiger partial charge on any atom is 0.126 e. The van der Waals surface area contributed by atoms with Gasteiger partial charge in [-0.3, -0.25) is 0 Å². The van der Waals surface area contributed by atoms with Crippen molar-refractivity contribution in [2.24, 2.45) is 0 Å². The fraction of sp³-hybridized carbons (Fsp3) is 0.188. The average Bonchev–Trinajstić information content (AvgIpc) is 2.45. The first-order chi connectivity index (χ1) is 9.19. The molecule has 1 atom stereocenters. The lowest BCUT2D eigenvalue weighted by molar-refractivity contribution is 0.627. The van der Waals surface area contributed by atoms with Gasteiger partial charge in [-0.15, -0.1) is 0 Å². The number of anilines is 1. The smallest absolute Gasteiger partial charge is 0.126 e. The molecule has 1 unspecified atom stereocenters. The molecule has 96 valence electrons. The number of nitriles is 1. The minimum Gasteiger partial charge on any atom is -0.384 e. The van der Waals surface area contributed by atoms with Gasteiger partial charge >= 0.3 is 0 Å². The van der Waals surface area contributed by atoms with Crippen molar-refractivity contribution in [3.05, 3.63) is 65.5 Å². The molecule has 0 bridgehead atoms. The summed E-state index contributed by atoms with van der Waals surface area (Å²) in [6.45, 7) is 2.80. The van der Waals surface area contributed by atoms with E-state index >= 15 is 0 Å². The molecular formula is C16H15FN2. The van der Waals surface area contributed by atoms with Crippen LogP contribution in [0.5, 0.6) is 0 Å². The fourth-order valence-electron chi connectivity index (χ4n) is 1.93. The highest BCUT2D eigenvalue weighted by atomic mass is 19.1. The highest BCUT2D eigenvalue weighted by Crippen LogP contribution is 2.18. The Bertz CT molecular complexity index is 587. The lowest BCUT2D eigenvalue weighted by Crippen LogP contribution is -2.10. The monoisotopic (exact) mass is 254 g/mol. The van der Waals surface area contributed by atoms with Crippen LogP contribution in [0.3, 0.4) is 0 Å². The van der Waals surface area contributed by atoms with Gasteiger partial charge in [-0.05, 0) is 29.7 Å². The summed E-state index contributed by atoms with van der Waals surface area (Å²) in [6.07, 6.45) is 0. The van der Waals surface area contributed by atoms with Gasteiger partial charge in [0.25, 0.3) is 0 Å². The SMILES string of the molecule is CC(CNc1cc(F)cc(C#N)c1)c1ccccc1. The quantitative estimate of drug-likeness (QED) is 0.897. The predicted molar refractivity (Wildman–Crippen MR) is 74.5 cm³/mol. The van der Waals surface area contributed by atoms with Gasteiger partial charge < -0.3 is 5.32 Å². The van der Waals surface area contributed by atoms with Crippen molar-refractivity contribution in [3.8, 4) is 6.07 Å². The van der Waals surface area contributed by atoms with Gasteiger partial charge in [0.1, 0.15) is 5.82 Å². The van der Waals surface area contributed by atoms with E-state index < -0.39 is 5.82 Å². The third-order valence-electron chi connectivity index (χ3n) is 3.01. The zero-order valence-electron chi connectivity index (χ0n) is 10.7. The molecule has 2 aromatic rings. The Morgan fingerprint density at radius 3 is 2.63 bits per heavy atom. The number of hydrogen-bond donors (Lipinski definition) is 1. The van der Waals surface area contributed by atoms with Crippen molar-refractivity contribution < 1.29 is 4.39 Å². The Labute approximate surface area is 112 Å². The van der Waals surface area contributed by atoms with E-state index in [0.717, 1.165) is 0 Å². The summed E-state index contributed by atoms with van der Waals surface area (Å²) >= 11 is 0. The van der Waals surface area contributed by atoms with E-state index in [0.29, 0.717) is 23.7 Å². The maximum absolute atomic E-state index is 13.3. The van der Waals surface area contributed by atoms with E-state index in [1.165, 1.54) is 17.7 Å². The lowest BCUT2D eigenvalue weighted by atomic mass is 10.0. The van der Waals surface area contributed by atoms with Crippen LogP contribution in [-0.2, 0) is 0 Å². The van der Waals surface area contributed by atoms with Crippen LogP contribution in [0.4, 0.5) is 10.1 Å². The molecular weight excluding hydrogens is 239 g/mol. The summed E-state index contributed by atoms with van der Waals surface area (Å²) in [5.41, 5.74) is 2.20. The molecule has 2 nitrogen and oxygen atoms in total. The number of benzene rings is 2. The van der Waals surface area contributed by atoms with E-state index in [1.807, 2.05) is 24.3 Å². The van der Waals surface area contributed by atoms with Crippen LogP contribution in [-0.4, -0.2) is 6.54 Å². The van der Waals surface area contributed by atoms with Gasteiger partial charge in [-0.1, -0.05) is 37.3 Å². The third kappa shape index (κ3) is 3.56. The molecule has 2 rings (SSSR count). The summed E-state index contributed by atoms with van der Waals surface area (Å²) in [5.74, 6) is -0.0797. The van der Waals surface area contributed by atoms with Crippen LogP contribution in [0.1, 0.15) is 24.0 Å². The average molecular weight is 254 g/mol. The van der Waals surface area contributed by atoms with Crippen molar-refractivity contribution in [2.75, 3.05) is 11.9 Å². The highest BCUT2D eigenvalue weighted by Gasteiger charge is 2.05. The minimum atomic E-state index is -0.395. The number of hydrogen-bond acceptors (Lipinski definition) is 2. The van der Waals surface area contributed by atoms with Gasteiger partial charge in [0.15, 0.2) is 0 Å². The number of halogens is 1. The van der Waals surface area contributed by atoms with Crippen molar-refractivity contribution in [2.45, 2.75) is 12.8 Å². The zero-order chi connectivity index (χ0) is 13.7. The third-order valence-corrected chi connectivity index (χ3v) is 3.01. The van der Waals surface area contributed by atoms with E-state index in [4.69, 9.17) is 5.26 Å². The van der Waals surface area contributed by atoms with Crippen molar-refractivity contribution in [1.82, 2.24) is 0 Å². The number of nitrogens with one attached hydrogen (secondary N) is 1. The molecule has 1 N–H and O–H groups in total. The topological polar surface area (TPSA) is 35.8 Å². The maximum atomic E-state index is 13.3. The number of rotatable bonds is 4. The lowest BCUT2D eigenvalue weighted by Gasteiger charge is -2.14. The predicted octanol–water partition coefficient (Wildman–Crippen LogP) is 3.91. The van der Waals surface area contributed by atoms with Crippen molar-refractivity contribution in [3.63, 3.8) is 0 Å². The molecule has 0 aliphatic carbocycles. The van der Waals surface area contributed by atoms with Crippen molar-refractivity contribution in [1.29, 1.82) is 5.26 Å². The first-order valence-corrected chi connectivity index (χ1v) is 6.18. The number of nitrogens with zero attached hydrogens (tertiary/aromatic N) is 1. The van der Waals surface area contributed by atoms with Gasteiger partial charge in [-0.2, -0.15) is 5.26 Å². The summed E-state index contributed by atoms with van der Waals surface area (Å²) in [6, 6.07) is 16.4. The molecule has 0 aromatic heterocycles. The van der Waals surface area contributed by atoms with Gasteiger partial charge in [0, 0.05) is 12.2 Å². The van der Waals surface area contributed by atoms with Crippen LogP contribution in [0.25, 0.3) is 0 Å². The molecule has 2 aromatic carbocycles. The largest absolute Gasteiger partial charge is 0.384 e. The second-order valence-electron chi connectivity index (χ2n) is 4.53. The first-order valence-electron chi connectivity index (χ1n) is 6.18. The fourth-order valence-corrected chi connectivity index (χ4v) is 1.93. The Morgan fingerprint density at radius 1 is 1.21 bits per heavy atom. The normalized spacial score (nSPS) is 11.6. The molecule has 0 heterocycles. The van der Waals surface area contributed by atoms with Gasteiger partial charge in [0.2, 0.25) is 0 Å². The Kier molecular flexibility index (Phi) is 4.15. The Balaban J connectivity index is 2.03. The second kappa shape index (κ2) is 6.01.